The second-order valence-electron chi connectivity index (χ2n) is 5.54. The van der Waals surface area contributed by atoms with E-state index in [2.05, 4.69) is 16.0 Å². The molecule has 0 aromatic heterocycles. The van der Waals surface area contributed by atoms with E-state index in [1.54, 1.807) is 4.90 Å². The lowest BCUT2D eigenvalue weighted by Crippen LogP contribution is -2.49. The molecule has 1 aliphatic rings. The summed E-state index contributed by atoms with van der Waals surface area (Å²) in [7, 11) is 0. The fourth-order valence-corrected chi connectivity index (χ4v) is 2.28. The Morgan fingerprint density at radius 2 is 2.19 bits per heavy atom. The van der Waals surface area contributed by atoms with Crippen molar-refractivity contribution in [2.24, 2.45) is 0 Å². The molecule has 0 radical (unpaired) electrons. The van der Waals surface area contributed by atoms with Crippen LogP contribution in [0, 0.1) is 0 Å². The molecule has 2 rings (SSSR count). The first-order valence-corrected chi connectivity index (χ1v) is 7.16. The Bertz CT molecular complexity index is 542. The first-order valence-electron chi connectivity index (χ1n) is 7.16. The van der Waals surface area contributed by atoms with Crippen LogP contribution in [0.25, 0.3) is 0 Å². The molecule has 114 valence electrons. The fraction of sp³-hybridized carbons (Fsp3) is 0.467. The average Bonchev–Trinajstić information content (AvgIpc) is 2.85. The van der Waals surface area contributed by atoms with Crippen LogP contribution in [0.15, 0.2) is 24.3 Å². The molecule has 0 aliphatic carbocycles. The third-order valence-corrected chi connectivity index (χ3v) is 3.46. The molecule has 0 saturated carbocycles. The SMILES string of the molecule is CCNC(C)(C)C(=O)Nc1cccc(N2CCNC2=O)c1. The van der Waals surface area contributed by atoms with Crippen molar-refractivity contribution in [1.82, 2.24) is 10.6 Å². The molecule has 1 saturated heterocycles. The summed E-state index contributed by atoms with van der Waals surface area (Å²) < 4.78 is 0. The van der Waals surface area contributed by atoms with Crippen LogP contribution in [0.3, 0.4) is 0 Å². The number of hydrogen-bond acceptors (Lipinski definition) is 3. The van der Waals surface area contributed by atoms with Gasteiger partial charge in [-0.25, -0.2) is 4.79 Å². The molecule has 1 aromatic carbocycles. The van der Waals surface area contributed by atoms with Gasteiger partial charge in [-0.2, -0.15) is 0 Å². The van der Waals surface area contributed by atoms with Gasteiger partial charge in [-0.1, -0.05) is 13.0 Å². The average molecular weight is 290 g/mol. The van der Waals surface area contributed by atoms with Crippen molar-refractivity contribution in [2.45, 2.75) is 26.3 Å². The normalized spacial score (nSPS) is 15.0. The molecule has 0 spiro atoms. The van der Waals surface area contributed by atoms with Crippen LogP contribution in [-0.2, 0) is 4.79 Å². The first kappa shape index (κ1) is 15.3. The van der Waals surface area contributed by atoms with E-state index in [0.29, 0.717) is 25.3 Å². The van der Waals surface area contributed by atoms with Gasteiger partial charge in [0.05, 0.1) is 5.54 Å². The van der Waals surface area contributed by atoms with E-state index in [-0.39, 0.29) is 11.9 Å². The summed E-state index contributed by atoms with van der Waals surface area (Å²) in [4.78, 5) is 25.6. The molecule has 1 heterocycles. The number of hydrogen-bond donors (Lipinski definition) is 3. The number of benzene rings is 1. The van der Waals surface area contributed by atoms with Crippen molar-refractivity contribution in [2.75, 3.05) is 29.9 Å². The van der Waals surface area contributed by atoms with E-state index in [4.69, 9.17) is 0 Å². The van der Waals surface area contributed by atoms with E-state index in [1.165, 1.54) is 0 Å². The maximum absolute atomic E-state index is 12.3. The number of anilines is 2. The molecule has 0 unspecified atom stereocenters. The zero-order chi connectivity index (χ0) is 15.5. The van der Waals surface area contributed by atoms with E-state index >= 15 is 0 Å². The van der Waals surface area contributed by atoms with Gasteiger partial charge in [0.25, 0.3) is 0 Å². The summed E-state index contributed by atoms with van der Waals surface area (Å²) in [6, 6.07) is 7.21. The van der Waals surface area contributed by atoms with Crippen LogP contribution in [0.1, 0.15) is 20.8 Å². The Kier molecular flexibility index (Phi) is 4.47. The molecule has 1 aromatic rings. The van der Waals surface area contributed by atoms with Gasteiger partial charge >= 0.3 is 6.03 Å². The Labute approximate surface area is 124 Å². The third kappa shape index (κ3) is 3.52. The van der Waals surface area contributed by atoms with Gasteiger partial charge in [0.1, 0.15) is 0 Å². The van der Waals surface area contributed by atoms with Crippen LogP contribution in [0.2, 0.25) is 0 Å². The molecule has 0 bridgehead atoms. The minimum absolute atomic E-state index is 0.104. The highest BCUT2D eigenvalue weighted by Crippen LogP contribution is 2.21. The number of likely N-dealkylation sites (N-methyl/N-ethyl adjacent to an activating group) is 1. The molecule has 3 N–H and O–H groups in total. The predicted molar refractivity (Wildman–Crippen MR) is 83.6 cm³/mol. The topological polar surface area (TPSA) is 73.5 Å². The Morgan fingerprint density at radius 3 is 2.81 bits per heavy atom. The second-order valence-corrected chi connectivity index (χ2v) is 5.54. The summed E-state index contributed by atoms with van der Waals surface area (Å²) >= 11 is 0. The minimum Gasteiger partial charge on any atom is -0.336 e. The van der Waals surface area contributed by atoms with Gasteiger partial charge in [-0.15, -0.1) is 0 Å². The van der Waals surface area contributed by atoms with Gasteiger partial charge in [0.15, 0.2) is 0 Å². The van der Waals surface area contributed by atoms with Gasteiger partial charge in [0, 0.05) is 24.5 Å². The van der Waals surface area contributed by atoms with Gasteiger partial charge in [-0.05, 0) is 38.6 Å². The molecule has 21 heavy (non-hydrogen) atoms. The first-order chi connectivity index (χ1) is 9.94. The Hall–Kier alpha value is -2.08. The summed E-state index contributed by atoms with van der Waals surface area (Å²) in [6.45, 7) is 7.63. The van der Waals surface area contributed by atoms with Gasteiger partial charge < -0.3 is 16.0 Å². The third-order valence-electron chi connectivity index (χ3n) is 3.46. The maximum atomic E-state index is 12.3. The summed E-state index contributed by atoms with van der Waals surface area (Å²) in [6.07, 6.45) is 0. The molecular weight excluding hydrogens is 268 g/mol. The number of amides is 3. The van der Waals surface area contributed by atoms with Crippen molar-refractivity contribution in [3.63, 3.8) is 0 Å². The van der Waals surface area contributed by atoms with Crippen LogP contribution in [-0.4, -0.2) is 37.1 Å². The number of urea groups is 1. The van der Waals surface area contributed by atoms with E-state index in [0.717, 1.165) is 5.69 Å². The molecule has 0 atom stereocenters. The molecule has 1 aliphatic heterocycles. The maximum Gasteiger partial charge on any atom is 0.321 e. The number of carbonyl (C=O) groups is 2. The highest BCUT2D eigenvalue weighted by Gasteiger charge is 2.26. The van der Waals surface area contributed by atoms with Crippen LogP contribution >= 0.6 is 0 Å². The molecule has 6 heteroatoms. The smallest absolute Gasteiger partial charge is 0.321 e. The predicted octanol–water partition coefficient (Wildman–Crippen LogP) is 1.54. The Morgan fingerprint density at radius 1 is 1.43 bits per heavy atom. The zero-order valence-electron chi connectivity index (χ0n) is 12.7. The van der Waals surface area contributed by atoms with Crippen molar-refractivity contribution in [3.8, 4) is 0 Å². The van der Waals surface area contributed by atoms with Gasteiger partial charge in [0.2, 0.25) is 5.91 Å². The van der Waals surface area contributed by atoms with Crippen molar-refractivity contribution in [1.29, 1.82) is 0 Å². The standard InChI is InChI=1S/C15H22N4O2/c1-4-17-15(2,3)13(20)18-11-6-5-7-12(10-11)19-9-8-16-14(19)21/h5-7,10,17H,4,8-9H2,1-3H3,(H,16,21)(H,18,20). The lowest BCUT2D eigenvalue weighted by molar-refractivity contribution is -0.121. The fourth-order valence-electron chi connectivity index (χ4n) is 2.28. The van der Waals surface area contributed by atoms with Gasteiger partial charge in [-0.3, -0.25) is 9.69 Å². The van der Waals surface area contributed by atoms with Crippen LogP contribution in [0.4, 0.5) is 16.2 Å². The van der Waals surface area contributed by atoms with Crippen molar-refractivity contribution < 1.29 is 9.59 Å². The summed E-state index contributed by atoms with van der Waals surface area (Å²) in [5, 5.41) is 8.78. The molecule has 3 amide bonds. The van der Waals surface area contributed by atoms with Crippen LogP contribution in [0.5, 0.6) is 0 Å². The number of rotatable bonds is 5. The molecule has 1 fully saturated rings. The number of carbonyl (C=O) groups excluding carboxylic acids is 2. The molecule has 6 nitrogen and oxygen atoms in total. The van der Waals surface area contributed by atoms with Crippen molar-refractivity contribution >= 4 is 23.3 Å². The van der Waals surface area contributed by atoms with E-state index < -0.39 is 5.54 Å². The van der Waals surface area contributed by atoms with Crippen LogP contribution < -0.4 is 20.9 Å². The zero-order valence-corrected chi connectivity index (χ0v) is 12.7. The molecular formula is C15H22N4O2. The highest BCUT2D eigenvalue weighted by molar-refractivity contribution is 5.99. The van der Waals surface area contributed by atoms with Crippen molar-refractivity contribution in [3.05, 3.63) is 24.3 Å². The Balaban J connectivity index is 2.11. The summed E-state index contributed by atoms with van der Waals surface area (Å²) in [5.74, 6) is -0.104. The largest absolute Gasteiger partial charge is 0.336 e. The summed E-state index contributed by atoms with van der Waals surface area (Å²) in [5.41, 5.74) is 0.822. The number of nitrogens with zero attached hydrogens (tertiary/aromatic N) is 1. The lowest BCUT2D eigenvalue weighted by atomic mass is 10.0. The highest BCUT2D eigenvalue weighted by atomic mass is 16.2. The van der Waals surface area contributed by atoms with E-state index in [9.17, 15) is 9.59 Å². The quantitative estimate of drug-likeness (QED) is 0.770. The lowest BCUT2D eigenvalue weighted by Gasteiger charge is -2.24. The van der Waals surface area contributed by atoms with E-state index in [1.807, 2.05) is 45.0 Å². The monoisotopic (exact) mass is 290 g/mol. The number of nitrogens with one attached hydrogen (secondary N) is 3. The minimum atomic E-state index is -0.643. The second kappa shape index (κ2) is 6.13.